The second kappa shape index (κ2) is 5.47. The van der Waals surface area contributed by atoms with Gasteiger partial charge in [-0.3, -0.25) is 4.40 Å². The maximum Gasteiger partial charge on any atom is 0.195 e. The molecule has 0 radical (unpaired) electrons. The van der Waals surface area contributed by atoms with Crippen molar-refractivity contribution in [2.45, 2.75) is 5.88 Å². The standard InChI is InChI=1S/C13H14ClN5S2/c14-9-10-11(16-13-19(10)6-8-21-13)17-2-4-18(5-3-17)12-15-1-7-20-12/h1,6-8H,2-5,9H2. The molecule has 1 aliphatic heterocycles. The minimum Gasteiger partial charge on any atom is -0.351 e. The van der Waals surface area contributed by atoms with Gasteiger partial charge in [0.2, 0.25) is 0 Å². The zero-order valence-electron chi connectivity index (χ0n) is 11.3. The summed E-state index contributed by atoms with van der Waals surface area (Å²) in [6, 6.07) is 0. The van der Waals surface area contributed by atoms with Gasteiger partial charge in [0.15, 0.2) is 15.9 Å². The number of nitrogens with zero attached hydrogens (tertiary/aromatic N) is 5. The Kier molecular flexibility index (Phi) is 3.48. The van der Waals surface area contributed by atoms with Crippen LogP contribution in [-0.4, -0.2) is 40.5 Å². The molecule has 0 unspecified atom stereocenters. The number of imidazole rings is 1. The van der Waals surface area contributed by atoms with E-state index in [0.29, 0.717) is 5.88 Å². The summed E-state index contributed by atoms with van der Waals surface area (Å²) < 4.78 is 2.10. The van der Waals surface area contributed by atoms with E-state index in [0.717, 1.165) is 47.8 Å². The summed E-state index contributed by atoms with van der Waals surface area (Å²) in [7, 11) is 0. The Bertz CT molecular complexity index is 727. The van der Waals surface area contributed by atoms with Gasteiger partial charge in [-0.25, -0.2) is 9.97 Å². The van der Waals surface area contributed by atoms with E-state index in [9.17, 15) is 0 Å². The second-order valence-corrected chi connectivity index (χ2v) is 6.87. The molecule has 110 valence electrons. The van der Waals surface area contributed by atoms with Crippen LogP contribution >= 0.6 is 34.3 Å². The number of piperazine rings is 1. The van der Waals surface area contributed by atoms with Crippen molar-refractivity contribution in [2.75, 3.05) is 36.0 Å². The topological polar surface area (TPSA) is 36.7 Å². The zero-order valence-corrected chi connectivity index (χ0v) is 13.7. The van der Waals surface area contributed by atoms with Gasteiger partial charge in [0, 0.05) is 49.3 Å². The van der Waals surface area contributed by atoms with Gasteiger partial charge in [-0.15, -0.1) is 34.3 Å². The minimum atomic E-state index is 0.486. The number of anilines is 2. The van der Waals surface area contributed by atoms with Crippen LogP contribution in [0.4, 0.5) is 10.9 Å². The molecule has 8 heteroatoms. The van der Waals surface area contributed by atoms with Crippen LogP contribution in [0.2, 0.25) is 0 Å². The van der Waals surface area contributed by atoms with Crippen molar-refractivity contribution in [1.29, 1.82) is 0 Å². The number of hydrogen-bond acceptors (Lipinski definition) is 6. The summed E-state index contributed by atoms with van der Waals surface area (Å²) in [5.41, 5.74) is 1.09. The molecule has 0 spiro atoms. The van der Waals surface area contributed by atoms with Crippen molar-refractivity contribution in [3.63, 3.8) is 0 Å². The highest BCUT2D eigenvalue weighted by molar-refractivity contribution is 7.15. The Morgan fingerprint density at radius 3 is 2.62 bits per heavy atom. The monoisotopic (exact) mass is 339 g/mol. The van der Waals surface area contributed by atoms with Crippen LogP contribution in [0.25, 0.3) is 4.96 Å². The van der Waals surface area contributed by atoms with Gasteiger partial charge in [-0.05, 0) is 0 Å². The van der Waals surface area contributed by atoms with Crippen LogP contribution in [0.15, 0.2) is 23.2 Å². The molecule has 0 aromatic carbocycles. The van der Waals surface area contributed by atoms with Crippen LogP contribution in [0, 0.1) is 0 Å². The first-order valence-corrected chi connectivity index (χ1v) is 9.06. The van der Waals surface area contributed by atoms with Crippen molar-refractivity contribution in [3.8, 4) is 0 Å². The Balaban J connectivity index is 1.56. The molecule has 4 heterocycles. The Morgan fingerprint density at radius 2 is 1.90 bits per heavy atom. The average molecular weight is 340 g/mol. The second-order valence-electron chi connectivity index (χ2n) is 4.86. The lowest BCUT2D eigenvalue weighted by Crippen LogP contribution is -2.47. The Morgan fingerprint density at radius 1 is 1.10 bits per heavy atom. The number of halogens is 1. The summed E-state index contributed by atoms with van der Waals surface area (Å²) in [6.45, 7) is 3.85. The van der Waals surface area contributed by atoms with Gasteiger partial charge < -0.3 is 9.80 Å². The lowest BCUT2D eigenvalue weighted by Gasteiger charge is -2.35. The maximum atomic E-state index is 6.14. The molecule has 5 nitrogen and oxygen atoms in total. The molecule has 0 bridgehead atoms. The van der Waals surface area contributed by atoms with E-state index in [2.05, 4.69) is 19.2 Å². The Hall–Kier alpha value is -1.31. The molecule has 1 saturated heterocycles. The molecule has 0 N–H and O–H groups in total. The number of thiazole rings is 2. The highest BCUT2D eigenvalue weighted by Gasteiger charge is 2.23. The van der Waals surface area contributed by atoms with Gasteiger partial charge in [0.1, 0.15) is 0 Å². The van der Waals surface area contributed by atoms with Crippen molar-refractivity contribution >= 4 is 50.2 Å². The molecule has 21 heavy (non-hydrogen) atoms. The first-order valence-electron chi connectivity index (χ1n) is 6.76. The van der Waals surface area contributed by atoms with Crippen molar-refractivity contribution in [3.05, 3.63) is 28.8 Å². The largest absolute Gasteiger partial charge is 0.351 e. The molecule has 3 aromatic heterocycles. The number of rotatable bonds is 3. The van der Waals surface area contributed by atoms with Gasteiger partial charge >= 0.3 is 0 Å². The van der Waals surface area contributed by atoms with E-state index < -0.39 is 0 Å². The quantitative estimate of drug-likeness (QED) is 0.687. The summed E-state index contributed by atoms with van der Waals surface area (Å²) >= 11 is 9.48. The third kappa shape index (κ3) is 2.29. The third-order valence-electron chi connectivity index (χ3n) is 3.74. The molecule has 1 fully saturated rings. The van der Waals surface area contributed by atoms with Crippen LogP contribution in [-0.2, 0) is 5.88 Å². The van der Waals surface area contributed by atoms with Gasteiger partial charge in [0.25, 0.3) is 0 Å². The van der Waals surface area contributed by atoms with Gasteiger partial charge in [-0.1, -0.05) is 0 Å². The Labute approximate surface area is 135 Å². The molecule has 0 amide bonds. The van der Waals surface area contributed by atoms with Crippen LogP contribution < -0.4 is 9.80 Å². The maximum absolute atomic E-state index is 6.14. The molecular formula is C13H14ClN5S2. The van der Waals surface area contributed by atoms with E-state index in [4.69, 9.17) is 16.6 Å². The van der Waals surface area contributed by atoms with Crippen LogP contribution in [0.3, 0.4) is 0 Å². The van der Waals surface area contributed by atoms with E-state index in [1.165, 1.54) is 0 Å². The molecule has 0 atom stereocenters. The number of hydrogen-bond donors (Lipinski definition) is 0. The minimum absolute atomic E-state index is 0.486. The highest BCUT2D eigenvalue weighted by Crippen LogP contribution is 2.28. The SMILES string of the molecule is ClCc1c(N2CCN(c3nccs3)CC2)nc2sccn12. The summed E-state index contributed by atoms with van der Waals surface area (Å²) in [5, 5.41) is 5.18. The fourth-order valence-corrected chi connectivity index (χ4v) is 4.35. The smallest absolute Gasteiger partial charge is 0.195 e. The summed E-state index contributed by atoms with van der Waals surface area (Å²) in [4.78, 5) is 14.8. The van der Waals surface area contributed by atoms with Gasteiger partial charge in [-0.2, -0.15) is 0 Å². The fourth-order valence-electron chi connectivity index (χ4n) is 2.68. The third-order valence-corrected chi connectivity index (χ3v) is 5.58. The van der Waals surface area contributed by atoms with Crippen LogP contribution in [0.1, 0.15) is 5.69 Å². The normalized spacial score (nSPS) is 16.0. The average Bonchev–Trinajstić information content (AvgIpc) is 3.23. The number of fused-ring (bicyclic) bond motifs is 1. The van der Waals surface area contributed by atoms with Crippen molar-refractivity contribution in [2.24, 2.45) is 0 Å². The lowest BCUT2D eigenvalue weighted by molar-refractivity contribution is 0.645. The number of aromatic nitrogens is 3. The van der Waals surface area contributed by atoms with Gasteiger partial charge in [0.05, 0.1) is 11.6 Å². The van der Waals surface area contributed by atoms with E-state index in [1.54, 1.807) is 22.7 Å². The first-order chi connectivity index (χ1) is 10.4. The molecule has 3 aromatic rings. The lowest BCUT2D eigenvalue weighted by atomic mass is 10.3. The molecular weight excluding hydrogens is 326 g/mol. The van der Waals surface area contributed by atoms with Crippen molar-refractivity contribution < 1.29 is 0 Å². The first kappa shape index (κ1) is 13.4. The zero-order chi connectivity index (χ0) is 14.2. The highest BCUT2D eigenvalue weighted by atomic mass is 35.5. The molecule has 0 aliphatic carbocycles. The summed E-state index contributed by atoms with van der Waals surface area (Å²) in [5.74, 6) is 1.52. The van der Waals surface area contributed by atoms with Crippen LogP contribution in [0.5, 0.6) is 0 Å². The molecule has 0 saturated carbocycles. The fraction of sp³-hybridized carbons (Fsp3) is 0.385. The van der Waals surface area contributed by atoms with Crippen molar-refractivity contribution in [1.82, 2.24) is 14.4 Å². The predicted molar refractivity (Wildman–Crippen MR) is 89.2 cm³/mol. The van der Waals surface area contributed by atoms with E-state index in [1.807, 2.05) is 23.2 Å². The molecule has 4 rings (SSSR count). The van der Waals surface area contributed by atoms with E-state index in [-0.39, 0.29) is 0 Å². The van der Waals surface area contributed by atoms with E-state index >= 15 is 0 Å². The molecule has 1 aliphatic rings. The predicted octanol–water partition coefficient (Wildman–Crippen LogP) is 2.92. The number of alkyl halides is 1. The summed E-state index contributed by atoms with van der Waals surface area (Å²) in [6.07, 6.45) is 3.90.